The van der Waals surface area contributed by atoms with Crippen LogP contribution < -0.4 is 5.32 Å². The molecule has 1 fully saturated rings. The van der Waals surface area contributed by atoms with Gasteiger partial charge in [-0.05, 0) is 37.3 Å². The molecular formula is C17H20N2O4. The molecule has 2 heterocycles. The zero-order chi connectivity index (χ0) is 16.4. The first-order valence-electron chi connectivity index (χ1n) is 7.97. The van der Waals surface area contributed by atoms with E-state index < -0.39 is 12.0 Å². The minimum atomic E-state index is -0.944. The Morgan fingerprint density at radius 3 is 2.87 bits per heavy atom. The van der Waals surface area contributed by atoms with Crippen LogP contribution in [0.25, 0.3) is 0 Å². The standard InChI is InChI=1S/C17H20N2O4/c20-15(19-9-3-6-14(19)17(22)23)8-7-12-10-11-4-1-2-5-13(11)18-16(12)21/h1-2,4-5,12,14H,3,6-10H2,(H,18,21)(H,22,23)/t12-,14-/m1/s1. The smallest absolute Gasteiger partial charge is 0.326 e. The first kappa shape index (κ1) is 15.5. The van der Waals surface area contributed by atoms with Crippen LogP contribution in [0.2, 0.25) is 0 Å². The normalized spacial score (nSPS) is 23.3. The van der Waals surface area contributed by atoms with Gasteiger partial charge in [-0.1, -0.05) is 18.2 Å². The second-order valence-electron chi connectivity index (χ2n) is 6.17. The number of carboxylic acid groups (broad SMARTS) is 1. The maximum Gasteiger partial charge on any atom is 0.326 e. The molecule has 0 spiro atoms. The summed E-state index contributed by atoms with van der Waals surface area (Å²) in [5, 5.41) is 12.0. The summed E-state index contributed by atoms with van der Waals surface area (Å²) in [4.78, 5) is 37.0. The SMILES string of the molecule is O=C1Nc2ccccc2C[C@H]1CCC(=O)N1CCC[C@@H]1C(=O)O. The third kappa shape index (κ3) is 3.21. The average Bonchev–Trinajstić information content (AvgIpc) is 3.02. The number of rotatable bonds is 4. The van der Waals surface area contributed by atoms with Gasteiger partial charge in [0.25, 0.3) is 0 Å². The van der Waals surface area contributed by atoms with Crippen molar-refractivity contribution in [1.82, 2.24) is 4.90 Å². The summed E-state index contributed by atoms with van der Waals surface area (Å²) < 4.78 is 0. The summed E-state index contributed by atoms with van der Waals surface area (Å²) in [5.41, 5.74) is 1.92. The number of aliphatic carboxylic acids is 1. The molecule has 2 N–H and O–H groups in total. The van der Waals surface area contributed by atoms with Crippen LogP contribution in [0.5, 0.6) is 0 Å². The third-order valence-corrected chi connectivity index (χ3v) is 4.68. The predicted molar refractivity (Wildman–Crippen MR) is 83.9 cm³/mol. The van der Waals surface area contributed by atoms with Crippen molar-refractivity contribution in [2.75, 3.05) is 11.9 Å². The molecule has 0 aliphatic carbocycles. The molecule has 0 unspecified atom stereocenters. The van der Waals surface area contributed by atoms with Crippen molar-refractivity contribution in [3.63, 3.8) is 0 Å². The number of likely N-dealkylation sites (tertiary alicyclic amines) is 1. The van der Waals surface area contributed by atoms with E-state index in [-0.39, 0.29) is 24.2 Å². The molecule has 2 amide bonds. The van der Waals surface area contributed by atoms with Gasteiger partial charge in [-0.15, -0.1) is 0 Å². The molecule has 1 saturated heterocycles. The molecule has 1 aromatic carbocycles. The van der Waals surface area contributed by atoms with Gasteiger partial charge in [0.1, 0.15) is 6.04 Å². The van der Waals surface area contributed by atoms with Gasteiger partial charge in [0.15, 0.2) is 0 Å². The molecule has 23 heavy (non-hydrogen) atoms. The van der Waals surface area contributed by atoms with E-state index in [1.54, 1.807) is 0 Å². The highest BCUT2D eigenvalue weighted by atomic mass is 16.4. The summed E-state index contributed by atoms with van der Waals surface area (Å²) >= 11 is 0. The van der Waals surface area contributed by atoms with Crippen LogP contribution in [0.1, 0.15) is 31.2 Å². The Balaban J connectivity index is 1.59. The van der Waals surface area contributed by atoms with Crippen LogP contribution >= 0.6 is 0 Å². The van der Waals surface area contributed by atoms with E-state index in [4.69, 9.17) is 5.11 Å². The molecule has 0 bridgehead atoms. The Morgan fingerprint density at radius 1 is 1.30 bits per heavy atom. The molecule has 0 aromatic heterocycles. The zero-order valence-corrected chi connectivity index (χ0v) is 12.8. The summed E-state index contributed by atoms with van der Waals surface area (Å²) in [6.45, 7) is 0.496. The highest BCUT2D eigenvalue weighted by molar-refractivity contribution is 5.96. The lowest BCUT2D eigenvalue weighted by Gasteiger charge is -2.26. The van der Waals surface area contributed by atoms with Crippen molar-refractivity contribution in [2.24, 2.45) is 5.92 Å². The lowest BCUT2D eigenvalue weighted by Crippen LogP contribution is -2.41. The third-order valence-electron chi connectivity index (χ3n) is 4.68. The van der Waals surface area contributed by atoms with Crippen LogP contribution in [-0.2, 0) is 20.8 Å². The van der Waals surface area contributed by atoms with E-state index in [2.05, 4.69) is 5.32 Å². The largest absolute Gasteiger partial charge is 0.480 e. The Morgan fingerprint density at radius 2 is 2.09 bits per heavy atom. The number of anilines is 1. The van der Waals surface area contributed by atoms with Gasteiger partial charge >= 0.3 is 5.97 Å². The number of carboxylic acids is 1. The highest BCUT2D eigenvalue weighted by Gasteiger charge is 2.34. The molecule has 0 saturated carbocycles. The first-order chi connectivity index (χ1) is 11.1. The Labute approximate surface area is 134 Å². The number of nitrogens with zero attached hydrogens (tertiary/aromatic N) is 1. The second-order valence-corrected chi connectivity index (χ2v) is 6.17. The van der Waals surface area contributed by atoms with Gasteiger partial charge in [-0.25, -0.2) is 4.79 Å². The van der Waals surface area contributed by atoms with Crippen LogP contribution in [0, 0.1) is 5.92 Å². The van der Waals surface area contributed by atoms with Gasteiger partial charge in [-0.3, -0.25) is 9.59 Å². The monoisotopic (exact) mass is 316 g/mol. The lowest BCUT2D eigenvalue weighted by atomic mass is 9.89. The minimum Gasteiger partial charge on any atom is -0.480 e. The van der Waals surface area contributed by atoms with Gasteiger partial charge in [0.05, 0.1) is 0 Å². The number of carbonyl (C=O) groups excluding carboxylic acids is 2. The second kappa shape index (κ2) is 6.40. The minimum absolute atomic E-state index is 0.0623. The molecule has 2 aliphatic rings. The number of hydrogen-bond donors (Lipinski definition) is 2. The van der Waals surface area contributed by atoms with E-state index in [0.717, 1.165) is 17.7 Å². The lowest BCUT2D eigenvalue weighted by molar-refractivity contribution is -0.148. The molecule has 6 heteroatoms. The molecular weight excluding hydrogens is 296 g/mol. The zero-order valence-electron chi connectivity index (χ0n) is 12.8. The fourth-order valence-corrected chi connectivity index (χ4v) is 3.41. The summed E-state index contributed by atoms with van der Waals surface area (Å²) in [6.07, 6.45) is 2.52. The Hall–Kier alpha value is -2.37. The van der Waals surface area contributed by atoms with Gasteiger partial charge in [0, 0.05) is 24.6 Å². The van der Waals surface area contributed by atoms with E-state index in [1.807, 2.05) is 24.3 Å². The van der Waals surface area contributed by atoms with Gasteiger partial charge in [0.2, 0.25) is 11.8 Å². The number of hydrogen-bond acceptors (Lipinski definition) is 3. The Bertz CT molecular complexity index is 643. The van der Waals surface area contributed by atoms with Crippen molar-refractivity contribution in [3.05, 3.63) is 29.8 Å². The van der Waals surface area contributed by atoms with Crippen molar-refractivity contribution in [2.45, 2.75) is 38.1 Å². The molecule has 3 rings (SSSR count). The van der Waals surface area contributed by atoms with Crippen LogP contribution in [-0.4, -0.2) is 40.4 Å². The average molecular weight is 316 g/mol. The van der Waals surface area contributed by atoms with Crippen molar-refractivity contribution < 1.29 is 19.5 Å². The van der Waals surface area contributed by atoms with Crippen LogP contribution in [0.3, 0.4) is 0 Å². The molecule has 1 aromatic rings. The molecule has 2 aliphatic heterocycles. The van der Waals surface area contributed by atoms with Crippen molar-refractivity contribution in [1.29, 1.82) is 0 Å². The van der Waals surface area contributed by atoms with E-state index in [1.165, 1.54) is 4.90 Å². The summed E-state index contributed by atoms with van der Waals surface area (Å²) in [6, 6.07) is 6.95. The maximum atomic E-state index is 12.3. The summed E-state index contributed by atoms with van der Waals surface area (Å²) in [5.74, 6) is -1.41. The Kier molecular flexibility index (Phi) is 4.32. The van der Waals surface area contributed by atoms with E-state index in [0.29, 0.717) is 25.8 Å². The molecule has 2 atom stereocenters. The first-order valence-corrected chi connectivity index (χ1v) is 7.97. The number of carbonyl (C=O) groups is 3. The maximum absolute atomic E-state index is 12.3. The number of fused-ring (bicyclic) bond motifs is 1. The molecule has 6 nitrogen and oxygen atoms in total. The fourth-order valence-electron chi connectivity index (χ4n) is 3.41. The predicted octanol–water partition coefficient (Wildman–Crippen LogP) is 1.65. The van der Waals surface area contributed by atoms with Crippen molar-refractivity contribution in [3.8, 4) is 0 Å². The highest BCUT2D eigenvalue weighted by Crippen LogP contribution is 2.28. The molecule has 0 radical (unpaired) electrons. The quantitative estimate of drug-likeness (QED) is 0.884. The van der Waals surface area contributed by atoms with E-state index >= 15 is 0 Å². The fraction of sp³-hybridized carbons (Fsp3) is 0.471. The summed E-state index contributed by atoms with van der Waals surface area (Å²) in [7, 11) is 0. The number of benzene rings is 1. The number of amides is 2. The number of nitrogens with one attached hydrogen (secondary N) is 1. The molecule has 122 valence electrons. The van der Waals surface area contributed by atoms with Crippen molar-refractivity contribution >= 4 is 23.5 Å². The van der Waals surface area contributed by atoms with Gasteiger partial charge < -0.3 is 15.3 Å². The van der Waals surface area contributed by atoms with Crippen LogP contribution in [0.15, 0.2) is 24.3 Å². The number of para-hydroxylation sites is 1. The van der Waals surface area contributed by atoms with Gasteiger partial charge in [-0.2, -0.15) is 0 Å². The van der Waals surface area contributed by atoms with Crippen LogP contribution in [0.4, 0.5) is 5.69 Å². The topological polar surface area (TPSA) is 86.7 Å². The van der Waals surface area contributed by atoms with E-state index in [9.17, 15) is 14.4 Å².